The van der Waals surface area contributed by atoms with Crippen molar-refractivity contribution in [2.75, 3.05) is 0 Å². The summed E-state index contributed by atoms with van der Waals surface area (Å²) in [6.07, 6.45) is 13.5. The van der Waals surface area contributed by atoms with Crippen LogP contribution >= 0.6 is 0 Å². The van der Waals surface area contributed by atoms with Crippen molar-refractivity contribution in [3.8, 4) is 0 Å². The van der Waals surface area contributed by atoms with E-state index < -0.39 is 0 Å². The number of esters is 1. The van der Waals surface area contributed by atoms with Gasteiger partial charge in [-0.2, -0.15) is 0 Å². The topological polar surface area (TPSA) is 35.5 Å². The molecule has 0 N–H and O–H groups in total. The van der Waals surface area contributed by atoms with Gasteiger partial charge in [-0.3, -0.25) is 4.79 Å². The maximum atomic E-state index is 11.7. The summed E-state index contributed by atoms with van der Waals surface area (Å²) in [7, 11) is 0. The first-order chi connectivity index (χ1) is 15.1. The van der Waals surface area contributed by atoms with Gasteiger partial charge in [0.05, 0.1) is 11.2 Å². The fourth-order valence-electron chi connectivity index (χ4n) is 9.76. The Kier molecular flexibility index (Phi) is 5.63. The Hall–Kier alpha value is -0.830. The Morgan fingerprint density at radius 1 is 1.12 bits per heavy atom. The van der Waals surface area contributed by atoms with Crippen LogP contribution in [0.25, 0.3) is 0 Å². The lowest BCUT2D eigenvalue weighted by molar-refractivity contribution is -0.225. The molecule has 2 saturated heterocycles. The lowest BCUT2D eigenvalue weighted by Gasteiger charge is -2.59. The summed E-state index contributed by atoms with van der Waals surface area (Å²) in [6, 6.07) is 0. The molecule has 2 heterocycles. The normalized spacial score (nSPS) is 47.8. The van der Waals surface area contributed by atoms with Crippen LogP contribution in [0.3, 0.4) is 0 Å². The van der Waals surface area contributed by atoms with E-state index in [2.05, 4.69) is 27.7 Å². The zero-order valence-corrected chi connectivity index (χ0v) is 21.3. The minimum Gasteiger partial charge on any atom is -0.462 e. The zero-order chi connectivity index (χ0) is 22.9. The van der Waals surface area contributed by atoms with Gasteiger partial charge >= 0.3 is 5.97 Å². The standard InChI is InChI=1S/C29H46O3/c1-18(2)8-7-9-19(3)23-10-11-26-27(23,6)13-12-24-20(4)25-16-22(31-21(5)30)17-28(25)14-15-29(24,26)32-28/h18-19,22-26H,4,7-17H2,1-3,5-6H3/t19-,22+,23-,24-,25+,26-,27-,28-,29-/m1/s1. The third kappa shape index (κ3) is 3.27. The van der Waals surface area contributed by atoms with Crippen LogP contribution in [-0.4, -0.2) is 23.3 Å². The molecule has 3 aliphatic carbocycles. The van der Waals surface area contributed by atoms with Gasteiger partial charge in [-0.1, -0.05) is 59.1 Å². The molecular weight excluding hydrogens is 396 g/mol. The van der Waals surface area contributed by atoms with Crippen LogP contribution in [0.4, 0.5) is 0 Å². The maximum Gasteiger partial charge on any atom is 0.302 e. The highest BCUT2D eigenvalue weighted by atomic mass is 16.6. The maximum absolute atomic E-state index is 11.7. The van der Waals surface area contributed by atoms with Gasteiger partial charge in [-0.25, -0.2) is 0 Å². The summed E-state index contributed by atoms with van der Waals surface area (Å²) >= 11 is 0. The molecule has 3 saturated carbocycles. The predicted molar refractivity (Wildman–Crippen MR) is 128 cm³/mol. The van der Waals surface area contributed by atoms with Crippen molar-refractivity contribution in [2.45, 2.75) is 123 Å². The Morgan fingerprint density at radius 2 is 1.91 bits per heavy atom. The molecule has 0 amide bonds. The summed E-state index contributed by atoms with van der Waals surface area (Å²) in [5.41, 5.74) is 1.73. The van der Waals surface area contributed by atoms with Crippen LogP contribution in [0.2, 0.25) is 0 Å². The molecule has 5 rings (SSSR count). The highest BCUT2D eigenvalue weighted by Gasteiger charge is 2.72. The van der Waals surface area contributed by atoms with Gasteiger partial charge in [-0.05, 0) is 74.0 Å². The molecule has 5 fully saturated rings. The van der Waals surface area contributed by atoms with Crippen LogP contribution in [-0.2, 0) is 14.3 Å². The highest BCUT2D eigenvalue weighted by Crippen LogP contribution is 2.72. The van der Waals surface area contributed by atoms with Crippen molar-refractivity contribution in [3.05, 3.63) is 12.2 Å². The smallest absolute Gasteiger partial charge is 0.302 e. The molecule has 32 heavy (non-hydrogen) atoms. The highest BCUT2D eigenvalue weighted by molar-refractivity contribution is 5.66. The molecule has 0 aromatic heterocycles. The van der Waals surface area contributed by atoms with Crippen LogP contribution < -0.4 is 0 Å². The van der Waals surface area contributed by atoms with Crippen LogP contribution in [0.1, 0.15) is 105 Å². The van der Waals surface area contributed by atoms with Gasteiger partial charge in [-0.15, -0.1) is 0 Å². The van der Waals surface area contributed by atoms with Gasteiger partial charge < -0.3 is 9.47 Å². The number of ether oxygens (including phenoxy) is 2. The fourth-order valence-corrected chi connectivity index (χ4v) is 9.76. The SMILES string of the molecule is C=C1[C@H]2CC[C@]3(C)[C@@H]([C@H](C)CCCC(C)C)CC[C@H]3[C@@]23CC[C@]2(C[C@@H](OC(C)=O)C[C@@H]12)O3. The van der Waals surface area contributed by atoms with Crippen molar-refractivity contribution in [2.24, 2.45) is 40.9 Å². The zero-order valence-electron chi connectivity index (χ0n) is 21.3. The molecule has 2 bridgehead atoms. The van der Waals surface area contributed by atoms with E-state index in [1.807, 2.05) is 0 Å². The van der Waals surface area contributed by atoms with Gasteiger partial charge in [0.1, 0.15) is 6.10 Å². The Balaban J connectivity index is 1.38. The summed E-state index contributed by atoms with van der Waals surface area (Å²) in [5.74, 6) is 3.85. The first kappa shape index (κ1) is 22.9. The quantitative estimate of drug-likeness (QED) is 0.325. The third-order valence-electron chi connectivity index (χ3n) is 11.0. The Bertz CT molecular complexity index is 772. The minimum atomic E-state index is -0.154. The molecule has 0 radical (unpaired) electrons. The van der Waals surface area contributed by atoms with Crippen molar-refractivity contribution < 1.29 is 14.3 Å². The van der Waals surface area contributed by atoms with E-state index in [0.717, 1.165) is 37.0 Å². The first-order valence-corrected chi connectivity index (χ1v) is 13.7. The summed E-state index contributed by atoms with van der Waals surface area (Å²) < 4.78 is 13.0. The minimum absolute atomic E-state index is 0.00189. The second kappa shape index (κ2) is 7.85. The second-order valence-electron chi connectivity index (χ2n) is 13.1. The molecule has 0 aromatic rings. The molecule has 180 valence electrons. The molecule has 2 spiro atoms. The van der Waals surface area contributed by atoms with Gasteiger partial charge in [0.2, 0.25) is 0 Å². The van der Waals surface area contributed by atoms with Crippen molar-refractivity contribution in [3.63, 3.8) is 0 Å². The average molecular weight is 443 g/mol. The Labute approximate surface area is 196 Å². The lowest BCUT2D eigenvalue weighted by atomic mass is 9.52. The van der Waals surface area contributed by atoms with E-state index >= 15 is 0 Å². The molecule has 0 aromatic carbocycles. The van der Waals surface area contributed by atoms with Crippen molar-refractivity contribution in [1.29, 1.82) is 0 Å². The second-order valence-corrected chi connectivity index (χ2v) is 13.1. The Morgan fingerprint density at radius 3 is 2.62 bits per heavy atom. The summed E-state index contributed by atoms with van der Waals surface area (Å²) in [5, 5.41) is 0. The summed E-state index contributed by atoms with van der Waals surface area (Å²) in [4.78, 5) is 11.7. The third-order valence-corrected chi connectivity index (χ3v) is 11.0. The van der Waals surface area contributed by atoms with Crippen molar-refractivity contribution >= 4 is 5.97 Å². The largest absolute Gasteiger partial charge is 0.462 e. The lowest BCUT2D eigenvalue weighted by Crippen LogP contribution is -2.60. The molecule has 5 aliphatic rings. The molecule has 0 unspecified atom stereocenters. The molecule has 3 heteroatoms. The number of fused-ring (bicyclic) bond motifs is 1. The monoisotopic (exact) mass is 442 g/mol. The van der Waals surface area contributed by atoms with E-state index in [1.54, 1.807) is 0 Å². The number of hydrogen-bond donors (Lipinski definition) is 0. The van der Waals surface area contributed by atoms with Gasteiger partial charge in [0.15, 0.2) is 0 Å². The average Bonchev–Trinajstić information content (AvgIpc) is 3.34. The summed E-state index contributed by atoms with van der Waals surface area (Å²) in [6.45, 7) is 16.1. The van der Waals surface area contributed by atoms with Crippen LogP contribution in [0, 0.1) is 40.9 Å². The first-order valence-electron chi connectivity index (χ1n) is 13.7. The van der Waals surface area contributed by atoms with Gasteiger partial charge in [0, 0.05) is 25.2 Å². The van der Waals surface area contributed by atoms with Crippen LogP contribution in [0.5, 0.6) is 0 Å². The number of rotatable bonds is 6. The van der Waals surface area contributed by atoms with E-state index in [0.29, 0.717) is 23.2 Å². The van der Waals surface area contributed by atoms with E-state index in [9.17, 15) is 4.79 Å². The van der Waals surface area contributed by atoms with E-state index in [4.69, 9.17) is 16.1 Å². The number of hydrogen-bond acceptors (Lipinski definition) is 3. The van der Waals surface area contributed by atoms with Crippen LogP contribution in [0.15, 0.2) is 12.2 Å². The molecule has 9 atom stereocenters. The molecule has 3 nitrogen and oxygen atoms in total. The fraction of sp³-hybridized carbons (Fsp3) is 0.897. The van der Waals surface area contributed by atoms with E-state index in [-0.39, 0.29) is 23.3 Å². The van der Waals surface area contributed by atoms with Crippen molar-refractivity contribution in [1.82, 2.24) is 0 Å². The molecule has 2 aliphatic heterocycles. The van der Waals surface area contributed by atoms with Gasteiger partial charge in [0.25, 0.3) is 0 Å². The molecular formula is C29H46O3. The predicted octanol–water partition coefficient (Wildman–Crippen LogP) is 7.09. The number of carbonyl (C=O) groups excluding carboxylic acids is 1. The van der Waals surface area contributed by atoms with E-state index in [1.165, 1.54) is 63.9 Å². The number of carbonyl (C=O) groups is 1.